The van der Waals surface area contributed by atoms with E-state index in [1.165, 1.54) is 11.1 Å². The van der Waals surface area contributed by atoms with Gasteiger partial charge < -0.3 is 5.11 Å². The molecule has 0 bridgehead atoms. The van der Waals surface area contributed by atoms with Crippen LogP contribution < -0.4 is 0 Å². The molecular formula is C26H34O2. The summed E-state index contributed by atoms with van der Waals surface area (Å²) in [5.74, 6) is 0.377. The van der Waals surface area contributed by atoms with Gasteiger partial charge in [0.1, 0.15) is 12.0 Å². The normalized spacial score (nSPS) is 12.6. The molecule has 150 valence electrons. The maximum atomic E-state index is 11.0. The second-order valence-electron chi connectivity index (χ2n) is 9.88. The van der Waals surface area contributed by atoms with Crippen molar-refractivity contribution in [2.75, 3.05) is 0 Å². The van der Waals surface area contributed by atoms with Gasteiger partial charge in [-0.1, -0.05) is 83.0 Å². The van der Waals surface area contributed by atoms with Crippen LogP contribution in [0.25, 0.3) is 6.08 Å². The van der Waals surface area contributed by atoms with Crippen LogP contribution in [0.2, 0.25) is 0 Å². The number of hydrogen-bond donors (Lipinski definition) is 1. The van der Waals surface area contributed by atoms with E-state index < -0.39 is 0 Å². The summed E-state index contributed by atoms with van der Waals surface area (Å²) in [5.41, 5.74) is 7.46. The highest BCUT2D eigenvalue weighted by atomic mass is 16.3. The highest BCUT2D eigenvalue weighted by molar-refractivity contribution is 5.76. The predicted octanol–water partition coefficient (Wildman–Crippen LogP) is 6.41. The number of benzene rings is 2. The Balaban J connectivity index is 2.70. The van der Waals surface area contributed by atoms with Gasteiger partial charge in [-0.05, 0) is 58.6 Å². The second kappa shape index (κ2) is 7.95. The summed E-state index contributed by atoms with van der Waals surface area (Å²) in [4.78, 5) is 11.0. The molecule has 0 fully saturated rings. The number of rotatable bonds is 4. The quantitative estimate of drug-likeness (QED) is 0.493. The van der Waals surface area contributed by atoms with Crippen molar-refractivity contribution in [3.63, 3.8) is 0 Å². The van der Waals surface area contributed by atoms with E-state index in [4.69, 9.17) is 0 Å². The molecule has 2 aromatic rings. The van der Waals surface area contributed by atoms with Gasteiger partial charge in [0.25, 0.3) is 0 Å². The molecule has 0 heterocycles. The monoisotopic (exact) mass is 378 g/mol. The average molecular weight is 379 g/mol. The molecule has 0 aliphatic heterocycles. The fraction of sp³-hybridized carbons (Fsp3) is 0.423. The number of allylic oxidation sites excluding steroid dienone is 1. The molecule has 0 saturated carbocycles. The van der Waals surface area contributed by atoms with Crippen molar-refractivity contribution in [3.05, 3.63) is 69.3 Å². The van der Waals surface area contributed by atoms with Crippen LogP contribution in [-0.2, 0) is 22.0 Å². The number of aromatic hydroxyl groups is 1. The summed E-state index contributed by atoms with van der Waals surface area (Å²) in [6.07, 6.45) is 4.90. The molecule has 0 amide bonds. The minimum atomic E-state index is -0.131. The molecule has 0 aromatic heterocycles. The number of phenolic OH excluding ortho intramolecular Hbond substituents is 1. The van der Waals surface area contributed by atoms with Gasteiger partial charge >= 0.3 is 0 Å². The Hall–Kier alpha value is -2.35. The van der Waals surface area contributed by atoms with E-state index >= 15 is 0 Å². The maximum absolute atomic E-state index is 11.0. The Bertz CT molecular complexity index is 903. The summed E-state index contributed by atoms with van der Waals surface area (Å²) in [6.45, 7) is 17.1. The summed E-state index contributed by atoms with van der Waals surface area (Å²) in [6, 6.07) is 8.50. The lowest BCUT2D eigenvalue weighted by molar-refractivity contribution is -0.104. The molecule has 0 saturated heterocycles. The first-order chi connectivity index (χ1) is 12.8. The summed E-state index contributed by atoms with van der Waals surface area (Å²) in [5, 5.41) is 11.0. The fourth-order valence-electron chi connectivity index (χ4n) is 3.74. The lowest BCUT2D eigenvalue weighted by atomic mass is 9.79. The van der Waals surface area contributed by atoms with Gasteiger partial charge in [0.15, 0.2) is 0 Å². The number of carbonyl (C=O) groups excluding carboxylic acids is 1. The number of phenols is 1. The minimum Gasteiger partial charge on any atom is -0.507 e. The van der Waals surface area contributed by atoms with Crippen LogP contribution in [0.5, 0.6) is 5.75 Å². The van der Waals surface area contributed by atoms with Crippen LogP contribution in [0.4, 0.5) is 0 Å². The Morgan fingerprint density at radius 1 is 0.821 bits per heavy atom. The van der Waals surface area contributed by atoms with Crippen molar-refractivity contribution >= 4 is 12.4 Å². The molecule has 0 radical (unpaired) electrons. The van der Waals surface area contributed by atoms with E-state index in [1.807, 2.05) is 6.08 Å². The molecule has 1 N–H and O–H groups in total. The third-order valence-corrected chi connectivity index (χ3v) is 5.08. The SMILES string of the molecule is Cc1cc(Cc2cc(C)cc(C(C)(C)C)c2C=CC=O)c(O)c(C(C)(C)C)c1. The largest absolute Gasteiger partial charge is 0.507 e. The smallest absolute Gasteiger partial charge is 0.142 e. The zero-order valence-corrected chi connectivity index (χ0v) is 18.6. The predicted molar refractivity (Wildman–Crippen MR) is 119 cm³/mol. The summed E-state index contributed by atoms with van der Waals surface area (Å²) >= 11 is 0. The van der Waals surface area contributed by atoms with E-state index in [2.05, 4.69) is 79.7 Å². The van der Waals surface area contributed by atoms with Crippen LogP contribution in [0.15, 0.2) is 30.3 Å². The Morgan fingerprint density at radius 2 is 1.32 bits per heavy atom. The van der Waals surface area contributed by atoms with Gasteiger partial charge in [-0.3, -0.25) is 4.79 Å². The average Bonchev–Trinajstić information content (AvgIpc) is 2.54. The molecule has 2 heteroatoms. The summed E-state index contributed by atoms with van der Waals surface area (Å²) < 4.78 is 0. The first-order valence-electron chi connectivity index (χ1n) is 9.93. The Morgan fingerprint density at radius 3 is 1.82 bits per heavy atom. The maximum Gasteiger partial charge on any atom is 0.142 e. The van der Waals surface area contributed by atoms with Gasteiger partial charge in [0.2, 0.25) is 0 Å². The molecule has 0 aliphatic carbocycles. The van der Waals surface area contributed by atoms with Crippen LogP contribution >= 0.6 is 0 Å². The van der Waals surface area contributed by atoms with Crippen LogP contribution in [0.3, 0.4) is 0 Å². The van der Waals surface area contributed by atoms with E-state index in [9.17, 15) is 9.90 Å². The van der Waals surface area contributed by atoms with Crippen molar-refractivity contribution in [1.82, 2.24) is 0 Å². The second-order valence-corrected chi connectivity index (χ2v) is 9.88. The molecule has 2 aromatic carbocycles. The van der Waals surface area contributed by atoms with Crippen LogP contribution in [0.1, 0.15) is 80.5 Å². The first-order valence-corrected chi connectivity index (χ1v) is 9.93. The van der Waals surface area contributed by atoms with Crippen molar-refractivity contribution in [2.45, 2.75) is 72.6 Å². The molecule has 0 unspecified atom stereocenters. The molecule has 2 rings (SSSR count). The van der Waals surface area contributed by atoms with E-state index in [0.717, 1.165) is 34.1 Å². The van der Waals surface area contributed by atoms with Crippen molar-refractivity contribution in [3.8, 4) is 5.75 Å². The minimum absolute atomic E-state index is 0.0471. The number of aryl methyl sites for hydroxylation is 2. The van der Waals surface area contributed by atoms with Gasteiger partial charge in [0, 0.05) is 6.42 Å². The zero-order valence-electron chi connectivity index (χ0n) is 18.6. The van der Waals surface area contributed by atoms with Gasteiger partial charge in [0.05, 0.1) is 0 Å². The van der Waals surface area contributed by atoms with Crippen LogP contribution in [-0.4, -0.2) is 11.4 Å². The lowest BCUT2D eigenvalue weighted by Crippen LogP contribution is -2.15. The number of hydrogen-bond acceptors (Lipinski definition) is 2. The summed E-state index contributed by atoms with van der Waals surface area (Å²) in [7, 11) is 0. The van der Waals surface area contributed by atoms with Crippen LogP contribution in [0, 0.1) is 13.8 Å². The number of carbonyl (C=O) groups is 1. The van der Waals surface area contributed by atoms with Crippen molar-refractivity contribution in [1.29, 1.82) is 0 Å². The molecule has 0 spiro atoms. The highest BCUT2D eigenvalue weighted by Crippen LogP contribution is 2.37. The van der Waals surface area contributed by atoms with Gasteiger partial charge in [-0.2, -0.15) is 0 Å². The third kappa shape index (κ3) is 4.92. The molecule has 2 nitrogen and oxygen atoms in total. The third-order valence-electron chi connectivity index (χ3n) is 5.08. The molecule has 0 atom stereocenters. The van der Waals surface area contributed by atoms with Gasteiger partial charge in [-0.25, -0.2) is 0 Å². The Labute approximate surface area is 170 Å². The standard InChI is InChI=1S/C26H34O2/c1-17-12-19(21(10-9-11-27)22(14-17)25(3,4)5)16-20-13-18(2)15-23(24(20)28)26(6,7)8/h9-15,28H,16H2,1-8H3. The Kier molecular flexibility index (Phi) is 6.23. The van der Waals surface area contributed by atoms with Gasteiger partial charge in [-0.15, -0.1) is 0 Å². The van der Waals surface area contributed by atoms with E-state index in [-0.39, 0.29) is 10.8 Å². The van der Waals surface area contributed by atoms with E-state index in [0.29, 0.717) is 12.2 Å². The molecular weight excluding hydrogens is 344 g/mol. The lowest BCUT2D eigenvalue weighted by Gasteiger charge is -2.26. The molecule has 28 heavy (non-hydrogen) atoms. The highest BCUT2D eigenvalue weighted by Gasteiger charge is 2.23. The van der Waals surface area contributed by atoms with Crippen molar-refractivity contribution in [2.24, 2.45) is 0 Å². The fourth-order valence-corrected chi connectivity index (χ4v) is 3.74. The van der Waals surface area contributed by atoms with E-state index in [1.54, 1.807) is 6.08 Å². The topological polar surface area (TPSA) is 37.3 Å². The first kappa shape index (κ1) is 21.9. The zero-order chi connectivity index (χ0) is 21.3. The molecule has 0 aliphatic rings. The van der Waals surface area contributed by atoms with Crippen molar-refractivity contribution < 1.29 is 9.90 Å². The number of aldehydes is 1.